The van der Waals surface area contributed by atoms with Crippen LogP contribution in [0.3, 0.4) is 0 Å². The van der Waals surface area contributed by atoms with Crippen molar-refractivity contribution in [2.45, 2.75) is 33.3 Å². The lowest BCUT2D eigenvalue weighted by atomic mass is 10.1. The Labute approximate surface area is 141 Å². The third kappa shape index (κ3) is 6.06. The maximum atomic E-state index is 13.4. The summed E-state index contributed by atoms with van der Waals surface area (Å²) in [5.41, 5.74) is -0.0141. The molecular formula is C17H25FN2O4. The average molecular weight is 340 g/mol. The van der Waals surface area contributed by atoms with Gasteiger partial charge in [0.05, 0.1) is 18.4 Å². The standard InChI is InChI=1S/C17H25FN2O4/c1-6-20(16(22)24-17(2,3)4)10-9-19-14-11-12(18)7-8-13(14)15(21)23-5/h7-8,11,19H,6,9-10H2,1-5H3. The summed E-state index contributed by atoms with van der Waals surface area (Å²) in [6.07, 6.45) is -0.417. The summed E-state index contributed by atoms with van der Waals surface area (Å²) >= 11 is 0. The van der Waals surface area contributed by atoms with Gasteiger partial charge in [0.25, 0.3) is 0 Å². The van der Waals surface area contributed by atoms with Crippen LogP contribution in [0.15, 0.2) is 18.2 Å². The van der Waals surface area contributed by atoms with Crippen molar-refractivity contribution in [3.63, 3.8) is 0 Å². The van der Waals surface area contributed by atoms with E-state index in [2.05, 4.69) is 10.1 Å². The van der Waals surface area contributed by atoms with E-state index in [0.29, 0.717) is 25.3 Å². The fourth-order valence-corrected chi connectivity index (χ4v) is 1.98. The minimum absolute atomic E-state index is 0.235. The largest absolute Gasteiger partial charge is 0.465 e. The molecule has 134 valence electrons. The van der Waals surface area contributed by atoms with Crippen LogP contribution in [0.5, 0.6) is 0 Å². The number of nitrogens with zero attached hydrogens (tertiary/aromatic N) is 1. The highest BCUT2D eigenvalue weighted by molar-refractivity contribution is 5.95. The van der Waals surface area contributed by atoms with Gasteiger partial charge in [-0.1, -0.05) is 0 Å². The van der Waals surface area contributed by atoms with Crippen LogP contribution in [0.2, 0.25) is 0 Å². The van der Waals surface area contributed by atoms with Crippen molar-refractivity contribution >= 4 is 17.7 Å². The third-order valence-corrected chi connectivity index (χ3v) is 3.12. The second kappa shape index (κ2) is 8.52. The molecule has 0 heterocycles. The normalized spacial score (nSPS) is 10.9. The molecular weight excluding hydrogens is 315 g/mol. The molecule has 0 unspecified atom stereocenters. The summed E-state index contributed by atoms with van der Waals surface area (Å²) in [4.78, 5) is 25.3. The highest BCUT2D eigenvalue weighted by atomic mass is 19.1. The van der Waals surface area contributed by atoms with Crippen LogP contribution in [0.1, 0.15) is 38.1 Å². The van der Waals surface area contributed by atoms with Crippen LogP contribution in [0.4, 0.5) is 14.9 Å². The first-order chi connectivity index (χ1) is 11.2. The Morgan fingerprint density at radius 3 is 2.50 bits per heavy atom. The minimum Gasteiger partial charge on any atom is -0.465 e. The van der Waals surface area contributed by atoms with E-state index in [1.54, 1.807) is 20.8 Å². The number of esters is 1. The minimum atomic E-state index is -0.571. The molecule has 1 rings (SSSR count). The van der Waals surface area contributed by atoms with Gasteiger partial charge in [-0.2, -0.15) is 0 Å². The monoisotopic (exact) mass is 340 g/mol. The van der Waals surface area contributed by atoms with E-state index in [4.69, 9.17) is 4.74 Å². The number of rotatable bonds is 6. The van der Waals surface area contributed by atoms with E-state index in [0.717, 1.165) is 0 Å². The lowest BCUT2D eigenvalue weighted by molar-refractivity contribution is 0.0267. The van der Waals surface area contributed by atoms with Gasteiger partial charge in [0, 0.05) is 19.6 Å². The number of hydrogen-bond donors (Lipinski definition) is 1. The first kappa shape index (κ1) is 19.7. The summed E-state index contributed by atoms with van der Waals surface area (Å²) in [6, 6.07) is 3.77. The number of amides is 1. The summed E-state index contributed by atoms with van der Waals surface area (Å²) in [7, 11) is 1.26. The molecule has 1 amide bonds. The Morgan fingerprint density at radius 2 is 1.96 bits per heavy atom. The predicted molar refractivity (Wildman–Crippen MR) is 89.7 cm³/mol. The van der Waals surface area contributed by atoms with Crippen LogP contribution in [0.25, 0.3) is 0 Å². The van der Waals surface area contributed by atoms with Gasteiger partial charge >= 0.3 is 12.1 Å². The first-order valence-electron chi connectivity index (χ1n) is 7.77. The number of methoxy groups -OCH3 is 1. The van der Waals surface area contributed by atoms with E-state index < -0.39 is 23.5 Å². The Morgan fingerprint density at radius 1 is 1.29 bits per heavy atom. The van der Waals surface area contributed by atoms with Gasteiger partial charge in [-0.05, 0) is 45.9 Å². The number of halogens is 1. The van der Waals surface area contributed by atoms with Crippen LogP contribution < -0.4 is 5.32 Å². The molecule has 0 aliphatic rings. The van der Waals surface area contributed by atoms with Gasteiger partial charge in [-0.25, -0.2) is 14.0 Å². The van der Waals surface area contributed by atoms with Crippen LogP contribution in [-0.2, 0) is 9.47 Å². The van der Waals surface area contributed by atoms with Gasteiger partial charge in [0.1, 0.15) is 11.4 Å². The van der Waals surface area contributed by atoms with Crippen LogP contribution >= 0.6 is 0 Å². The summed E-state index contributed by atoms with van der Waals surface area (Å²) in [5, 5.41) is 2.96. The lowest BCUT2D eigenvalue weighted by Crippen LogP contribution is -2.39. The molecule has 7 heteroatoms. The number of anilines is 1. The molecule has 0 aliphatic heterocycles. The molecule has 6 nitrogen and oxygen atoms in total. The summed E-state index contributed by atoms with van der Waals surface area (Å²) in [5.74, 6) is -1.03. The molecule has 0 radical (unpaired) electrons. The van der Waals surface area contributed by atoms with Crippen molar-refractivity contribution < 1.29 is 23.5 Å². The molecule has 1 N–H and O–H groups in total. The van der Waals surface area contributed by atoms with Crippen LogP contribution in [-0.4, -0.2) is 49.3 Å². The zero-order valence-corrected chi connectivity index (χ0v) is 14.8. The number of likely N-dealkylation sites (N-methyl/N-ethyl adjacent to an activating group) is 1. The Hall–Kier alpha value is -2.31. The van der Waals surface area contributed by atoms with Crippen molar-refractivity contribution in [3.8, 4) is 0 Å². The Balaban J connectivity index is 2.70. The van der Waals surface area contributed by atoms with E-state index >= 15 is 0 Å². The topological polar surface area (TPSA) is 67.9 Å². The highest BCUT2D eigenvalue weighted by Gasteiger charge is 2.21. The highest BCUT2D eigenvalue weighted by Crippen LogP contribution is 2.18. The number of carbonyl (C=O) groups excluding carboxylic acids is 2. The molecule has 0 fully saturated rings. The fourth-order valence-electron chi connectivity index (χ4n) is 1.98. The quantitative estimate of drug-likeness (QED) is 0.805. The molecule has 1 aromatic rings. The van der Waals surface area contributed by atoms with Gasteiger partial charge in [-0.15, -0.1) is 0 Å². The molecule has 0 bridgehead atoms. The van der Waals surface area contributed by atoms with Gasteiger partial charge in [0.2, 0.25) is 0 Å². The fraction of sp³-hybridized carbons (Fsp3) is 0.529. The number of carbonyl (C=O) groups is 2. The zero-order chi connectivity index (χ0) is 18.3. The number of ether oxygens (including phenoxy) is 2. The van der Waals surface area contributed by atoms with Gasteiger partial charge in [0.15, 0.2) is 0 Å². The molecule has 1 aromatic carbocycles. The molecule has 0 saturated carbocycles. The molecule has 0 aliphatic carbocycles. The van der Waals surface area contributed by atoms with Crippen LogP contribution in [0, 0.1) is 5.82 Å². The zero-order valence-electron chi connectivity index (χ0n) is 14.8. The van der Waals surface area contributed by atoms with Crippen molar-refractivity contribution in [1.29, 1.82) is 0 Å². The SMILES string of the molecule is CCN(CCNc1cc(F)ccc1C(=O)OC)C(=O)OC(C)(C)C. The maximum absolute atomic E-state index is 13.4. The second-order valence-corrected chi connectivity index (χ2v) is 6.17. The number of hydrogen-bond acceptors (Lipinski definition) is 5. The molecule has 0 aromatic heterocycles. The van der Waals surface area contributed by atoms with E-state index in [9.17, 15) is 14.0 Å². The molecule has 0 spiro atoms. The van der Waals surface area contributed by atoms with E-state index in [1.165, 1.54) is 30.2 Å². The van der Waals surface area contributed by atoms with E-state index in [1.807, 2.05) is 6.92 Å². The third-order valence-electron chi connectivity index (χ3n) is 3.12. The summed E-state index contributed by atoms with van der Waals surface area (Å²) < 4.78 is 23.4. The average Bonchev–Trinajstić information content (AvgIpc) is 2.49. The van der Waals surface area contributed by atoms with Crippen molar-refractivity contribution in [3.05, 3.63) is 29.6 Å². The summed E-state index contributed by atoms with van der Waals surface area (Å²) in [6.45, 7) is 8.39. The van der Waals surface area contributed by atoms with Crippen molar-refractivity contribution in [2.24, 2.45) is 0 Å². The smallest absolute Gasteiger partial charge is 0.410 e. The maximum Gasteiger partial charge on any atom is 0.410 e. The molecule has 0 saturated heterocycles. The number of nitrogens with one attached hydrogen (secondary N) is 1. The van der Waals surface area contributed by atoms with Crippen molar-refractivity contribution in [2.75, 3.05) is 32.1 Å². The van der Waals surface area contributed by atoms with Gasteiger partial charge in [-0.3, -0.25) is 0 Å². The molecule has 0 atom stereocenters. The first-order valence-corrected chi connectivity index (χ1v) is 7.77. The Kier molecular flexibility index (Phi) is 7.00. The van der Waals surface area contributed by atoms with Gasteiger partial charge < -0.3 is 19.7 Å². The predicted octanol–water partition coefficient (Wildman–Crippen LogP) is 3.28. The van der Waals surface area contributed by atoms with Crippen molar-refractivity contribution in [1.82, 2.24) is 4.90 Å². The molecule has 24 heavy (non-hydrogen) atoms. The van der Waals surface area contributed by atoms with E-state index in [-0.39, 0.29) is 5.56 Å². The number of benzene rings is 1. The Bertz CT molecular complexity index is 584. The lowest BCUT2D eigenvalue weighted by Gasteiger charge is -2.26. The second-order valence-electron chi connectivity index (χ2n) is 6.17.